The Morgan fingerprint density at radius 1 is 0.929 bits per heavy atom. The zero-order valence-electron chi connectivity index (χ0n) is 17.1. The van der Waals surface area contributed by atoms with Crippen LogP contribution < -0.4 is 24.8 Å². The summed E-state index contributed by atoms with van der Waals surface area (Å²) >= 11 is 1.27. The van der Waals surface area contributed by atoms with E-state index < -0.39 is 0 Å². The Hall–Kier alpha value is -0.760. The van der Waals surface area contributed by atoms with Crippen molar-refractivity contribution in [2.45, 2.75) is 40.5 Å². The molecule has 0 bridgehead atoms. The first-order valence-corrected chi connectivity index (χ1v) is 11.2. The average molecular weight is 578 g/mol. The Kier molecular flexibility index (Phi) is 13.9. The van der Waals surface area contributed by atoms with Crippen LogP contribution in [-0.2, 0) is 30.3 Å². The van der Waals surface area contributed by atoms with Gasteiger partial charge in [0.05, 0.1) is 0 Å². The van der Waals surface area contributed by atoms with Crippen molar-refractivity contribution >= 4 is 3.26 Å². The Morgan fingerprint density at radius 2 is 1.57 bits per heavy atom. The van der Waals surface area contributed by atoms with Crippen LogP contribution in [0.15, 0.2) is 60.7 Å². The van der Waals surface area contributed by atoms with Crippen molar-refractivity contribution in [3.8, 4) is 11.1 Å². The molecule has 0 amide bonds. The molecule has 2 aliphatic carbocycles. The third kappa shape index (κ3) is 8.31. The van der Waals surface area contributed by atoms with E-state index in [9.17, 15) is 0 Å². The van der Waals surface area contributed by atoms with Crippen molar-refractivity contribution in [2.75, 3.05) is 0 Å². The van der Waals surface area contributed by atoms with Crippen LogP contribution in [0.25, 0.3) is 11.1 Å². The molecule has 0 fully saturated rings. The van der Waals surface area contributed by atoms with Crippen LogP contribution in [-0.4, -0.2) is 3.26 Å². The molecule has 3 heteroatoms. The van der Waals surface area contributed by atoms with Crippen LogP contribution in [0.2, 0.25) is 0 Å². The molecule has 0 saturated heterocycles. The van der Waals surface area contributed by atoms with Gasteiger partial charge in [-0.2, -0.15) is 35.9 Å². The molecule has 2 aromatic rings. The van der Waals surface area contributed by atoms with Crippen molar-refractivity contribution in [2.24, 2.45) is 11.8 Å². The molecule has 0 saturated carbocycles. The molecule has 2 aromatic carbocycles. The summed E-state index contributed by atoms with van der Waals surface area (Å²) in [6.07, 6.45) is 11.0. The summed E-state index contributed by atoms with van der Waals surface area (Å²) in [5, 5.41) is 0. The van der Waals surface area contributed by atoms with Gasteiger partial charge < -0.3 is 24.8 Å². The van der Waals surface area contributed by atoms with Gasteiger partial charge in [0, 0.05) is 0 Å². The van der Waals surface area contributed by atoms with Gasteiger partial charge in [-0.15, -0.1) is 12.0 Å². The van der Waals surface area contributed by atoms with Crippen molar-refractivity contribution in [3.05, 3.63) is 84.0 Å². The van der Waals surface area contributed by atoms with E-state index in [1.807, 2.05) is 18.2 Å². The van der Waals surface area contributed by atoms with Gasteiger partial charge in [0.25, 0.3) is 0 Å². The molecular formula is C25H28Cl2Hf-2. The number of fused-ring (bicyclic) bond motifs is 3. The Bertz CT molecular complexity index is 725. The maximum Gasteiger partial charge on any atom is -0.0253 e. The van der Waals surface area contributed by atoms with Crippen molar-refractivity contribution < 1.29 is 48.7 Å². The molecule has 0 spiro atoms. The summed E-state index contributed by atoms with van der Waals surface area (Å²) in [6, 6.07) is 18.1. The summed E-state index contributed by atoms with van der Waals surface area (Å²) in [5.74, 6) is 1.64. The Balaban J connectivity index is 0.000000423. The van der Waals surface area contributed by atoms with Gasteiger partial charge in [0.2, 0.25) is 0 Å². The number of hydrogen-bond acceptors (Lipinski definition) is 0. The van der Waals surface area contributed by atoms with Gasteiger partial charge in [-0.1, -0.05) is 35.4 Å². The molecule has 2 aliphatic rings. The summed E-state index contributed by atoms with van der Waals surface area (Å²) in [5.41, 5.74) is 5.51. The molecule has 0 heterocycles. The predicted octanol–water partition coefficient (Wildman–Crippen LogP) is 0.389. The number of halogens is 2. The second-order valence-electron chi connectivity index (χ2n) is 7.16. The fourth-order valence-corrected chi connectivity index (χ4v) is 3.00. The number of rotatable bonds is 2. The minimum Gasteiger partial charge on any atom is -1.00 e. The fourth-order valence-electron chi connectivity index (χ4n) is 3.00. The third-order valence-corrected chi connectivity index (χ3v) is 8.59. The second-order valence-corrected chi connectivity index (χ2v) is 9.24. The zero-order valence-corrected chi connectivity index (χ0v) is 22.2. The van der Waals surface area contributed by atoms with Gasteiger partial charge in [0.15, 0.2) is 0 Å². The van der Waals surface area contributed by atoms with E-state index in [0.717, 1.165) is 24.7 Å². The van der Waals surface area contributed by atoms with Gasteiger partial charge >= 0.3 is 66.7 Å². The van der Waals surface area contributed by atoms with Crippen LogP contribution in [0.5, 0.6) is 0 Å². The summed E-state index contributed by atoms with van der Waals surface area (Å²) in [7, 11) is 0. The zero-order chi connectivity index (χ0) is 18.9. The summed E-state index contributed by atoms with van der Waals surface area (Å²) in [6.45, 7) is 9.12. The van der Waals surface area contributed by atoms with E-state index in [-0.39, 0.29) is 24.8 Å². The van der Waals surface area contributed by atoms with Crippen molar-refractivity contribution in [1.82, 2.24) is 0 Å². The standard InChI is InChI=1S/C13H9.C7H14.C5H5.2ClH.Hf/c1-3-7-12-10(5-1)9-11-6-2-4-8-13(11)12;1-6(2)5-7(3)4;1-2-4-5-3-1;;;/h1-5,7-8H,9H2;6-7H,1-4H3;1-3H,4H2;2*1H;/q-1;;-1;;;+2/p-2. The maximum atomic E-state index is 3.30. The first kappa shape index (κ1) is 27.2. The molecule has 4 rings (SSSR count). The molecule has 0 N–H and O–H groups in total. The molecule has 0 unspecified atom stereocenters. The third-order valence-electron chi connectivity index (χ3n) is 4.45. The number of allylic oxidation sites excluding steroid dienone is 4. The SMILES string of the molecule is CC(C)[C](=[Hf+2])C(C)C.[C-]1=CC=CC1.[Cl-].[Cl-].[c-]1cccc2c1Cc1ccccc1-2. The molecule has 0 aromatic heterocycles. The monoisotopic (exact) mass is 578 g/mol. The van der Waals surface area contributed by atoms with Crippen molar-refractivity contribution in [1.29, 1.82) is 0 Å². The minimum absolute atomic E-state index is 0. The van der Waals surface area contributed by atoms with Gasteiger partial charge in [-0.25, -0.2) is 12.2 Å². The second kappa shape index (κ2) is 14.3. The molecule has 0 nitrogen and oxygen atoms in total. The quantitative estimate of drug-likeness (QED) is 0.306. The fraction of sp³-hybridized carbons (Fsp3) is 0.320. The van der Waals surface area contributed by atoms with E-state index in [0.29, 0.717) is 0 Å². The normalized spacial score (nSPS) is 12.0. The number of benzene rings is 2. The molecule has 0 aliphatic heterocycles. The first-order valence-electron chi connectivity index (χ1n) is 9.38. The van der Waals surface area contributed by atoms with E-state index in [1.165, 1.54) is 46.1 Å². The minimum atomic E-state index is 0. The first-order chi connectivity index (χ1) is 12.5. The topological polar surface area (TPSA) is 0 Å². The van der Waals surface area contributed by atoms with Gasteiger partial charge in [0.1, 0.15) is 0 Å². The maximum absolute atomic E-state index is 3.30. The predicted molar refractivity (Wildman–Crippen MR) is 110 cm³/mol. The average Bonchev–Trinajstić information content (AvgIpc) is 3.32. The smallest absolute Gasteiger partial charge is 0.0253 e. The number of hydrogen-bond donors (Lipinski definition) is 0. The van der Waals surface area contributed by atoms with E-state index in [1.54, 1.807) is 3.26 Å². The van der Waals surface area contributed by atoms with Crippen molar-refractivity contribution in [3.63, 3.8) is 0 Å². The van der Waals surface area contributed by atoms with Crippen LogP contribution in [0, 0.1) is 24.0 Å². The summed E-state index contributed by atoms with van der Waals surface area (Å²) < 4.78 is 1.74. The molecule has 28 heavy (non-hydrogen) atoms. The molecular weight excluding hydrogens is 550 g/mol. The molecule has 0 radical (unpaired) electrons. The molecule has 148 valence electrons. The van der Waals surface area contributed by atoms with Crippen LogP contribution in [0.4, 0.5) is 0 Å². The van der Waals surface area contributed by atoms with Gasteiger partial charge in [-0.05, 0) is 6.42 Å². The largest absolute Gasteiger partial charge is 1.00 e. The van der Waals surface area contributed by atoms with E-state index in [2.05, 4.69) is 82.3 Å². The summed E-state index contributed by atoms with van der Waals surface area (Å²) in [4.78, 5) is 0. The van der Waals surface area contributed by atoms with Crippen LogP contribution >= 0.6 is 0 Å². The Labute approximate surface area is 198 Å². The van der Waals surface area contributed by atoms with Crippen LogP contribution in [0.1, 0.15) is 45.2 Å². The molecule has 0 atom stereocenters. The van der Waals surface area contributed by atoms with Gasteiger partial charge in [-0.3, -0.25) is 6.08 Å². The van der Waals surface area contributed by atoms with E-state index in [4.69, 9.17) is 0 Å². The Morgan fingerprint density at radius 3 is 2.07 bits per heavy atom. The van der Waals surface area contributed by atoms with E-state index >= 15 is 0 Å². The van der Waals surface area contributed by atoms with Crippen LogP contribution in [0.3, 0.4) is 0 Å².